The van der Waals surface area contributed by atoms with Crippen LogP contribution in [0.25, 0.3) is 11.3 Å². The smallest absolute Gasteiger partial charge is 0.237 e. The van der Waals surface area contributed by atoms with Crippen LogP contribution in [-0.4, -0.2) is 30.4 Å². The van der Waals surface area contributed by atoms with E-state index in [0.717, 1.165) is 15.6 Å². The normalized spacial score (nSPS) is 11.7. The maximum atomic E-state index is 13.1. The van der Waals surface area contributed by atoms with Crippen molar-refractivity contribution in [3.05, 3.63) is 53.7 Å². The molecule has 1 unspecified atom stereocenters. The van der Waals surface area contributed by atoms with Crippen molar-refractivity contribution >= 4 is 34.7 Å². The van der Waals surface area contributed by atoms with E-state index in [1.807, 2.05) is 12.3 Å². The Morgan fingerprint density at radius 1 is 1.14 bits per heavy atom. The van der Waals surface area contributed by atoms with Crippen molar-refractivity contribution in [3.8, 4) is 22.8 Å². The van der Waals surface area contributed by atoms with Crippen LogP contribution >= 0.6 is 23.1 Å². The number of benzene rings is 2. The summed E-state index contributed by atoms with van der Waals surface area (Å²) in [6.45, 7) is 1.82. The number of thioether (sulfide) groups is 1. The monoisotopic (exact) mass is 418 g/mol. The second-order valence-electron chi connectivity index (χ2n) is 5.82. The lowest BCUT2D eigenvalue weighted by Gasteiger charge is -2.13. The summed E-state index contributed by atoms with van der Waals surface area (Å²) in [7, 11) is 3.10. The van der Waals surface area contributed by atoms with Crippen LogP contribution < -0.4 is 14.8 Å². The van der Waals surface area contributed by atoms with E-state index >= 15 is 0 Å². The van der Waals surface area contributed by atoms with Gasteiger partial charge >= 0.3 is 0 Å². The van der Waals surface area contributed by atoms with Crippen LogP contribution in [0.4, 0.5) is 10.1 Å². The van der Waals surface area contributed by atoms with Crippen LogP contribution in [0.1, 0.15) is 6.92 Å². The number of nitrogens with one attached hydrogen (secondary N) is 1. The van der Waals surface area contributed by atoms with E-state index in [1.165, 1.54) is 35.2 Å². The summed E-state index contributed by atoms with van der Waals surface area (Å²) in [6.07, 6.45) is 0. The molecule has 0 aliphatic carbocycles. The molecule has 8 heteroatoms. The third-order valence-corrected chi connectivity index (χ3v) is 5.99. The molecule has 0 bridgehead atoms. The highest BCUT2D eigenvalue weighted by atomic mass is 32.2. The van der Waals surface area contributed by atoms with E-state index in [4.69, 9.17) is 9.47 Å². The lowest BCUT2D eigenvalue weighted by molar-refractivity contribution is -0.115. The number of nitrogens with zero attached hydrogens (tertiary/aromatic N) is 1. The fourth-order valence-electron chi connectivity index (χ4n) is 2.43. The number of hydrogen-bond acceptors (Lipinski definition) is 6. The van der Waals surface area contributed by atoms with Gasteiger partial charge in [-0.25, -0.2) is 9.37 Å². The lowest BCUT2D eigenvalue weighted by atomic mass is 10.2. The van der Waals surface area contributed by atoms with Gasteiger partial charge < -0.3 is 14.8 Å². The summed E-state index contributed by atoms with van der Waals surface area (Å²) in [4.78, 5) is 17.0. The molecule has 2 aromatic carbocycles. The van der Waals surface area contributed by atoms with Crippen molar-refractivity contribution < 1.29 is 18.7 Å². The largest absolute Gasteiger partial charge is 0.493 e. The topological polar surface area (TPSA) is 60.5 Å². The first-order valence-corrected chi connectivity index (χ1v) is 10.2. The molecule has 0 spiro atoms. The Balaban J connectivity index is 1.64. The zero-order valence-electron chi connectivity index (χ0n) is 15.6. The van der Waals surface area contributed by atoms with Crippen molar-refractivity contribution in [2.45, 2.75) is 16.5 Å². The summed E-state index contributed by atoms with van der Waals surface area (Å²) in [5.74, 6) is 0.716. The molecule has 0 aliphatic heterocycles. The quantitative estimate of drug-likeness (QED) is 0.542. The summed E-state index contributed by atoms with van der Waals surface area (Å²) in [5, 5.41) is 4.42. The Hall–Kier alpha value is -2.58. The minimum atomic E-state index is -0.347. The summed E-state index contributed by atoms with van der Waals surface area (Å²) in [5.41, 5.74) is 2.23. The number of rotatable bonds is 7. The number of hydrogen-bond donors (Lipinski definition) is 1. The van der Waals surface area contributed by atoms with Crippen molar-refractivity contribution in [3.63, 3.8) is 0 Å². The first kappa shape index (κ1) is 20.2. The van der Waals surface area contributed by atoms with Crippen molar-refractivity contribution in [1.82, 2.24) is 4.98 Å². The Bertz CT molecular complexity index is 960. The van der Waals surface area contributed by atoms with Gasteiger partial charge in [-0.05, 0) is 43.3 Å². The van der Waals surface area contributed by atoms with E-state index in [0.29, 0.717) is 17.2 Å². The predicted octanol–water partition coefficient (Wildman–Crippen LogP) is 5.09. The molecule has 3 aromatic rings. The van der Waals surface area contributed by atoms with E-state index in [-0.39, 0.29) is 17.0 Å². The fraction of sp³-hybridized carbons (Fsp3) is 0.200. The van der Waals surface area contributed by atoms with Gasteiger partial charge in [-0.2, -0.15) is 0 Å². The molecule has 0 aliphatic rings. The number of thiazole rings is 1. The number of anilines is 1. The van der Waals surface area contributed by atoms with Gasteiger partial charge in [0, 0.05) is 22.7 Å². The van der Waals surface area contributed by atoms with Gasteiger partial charge in [0.2, 0.25) is 5.91 Å². The molecule has 0 radical (unpaired) electrons. The maximum Gasteiger partial charge on any atom is 0.237 e. The average Bonchev–Trinajstić information content (AvgIpc) is 3.16. The van der Waals surface area contributed by atoms with Gasteiger partial charge in [-0.15, -0.1) is 11.3 Å². The molecule has 1 heterocycles. The number of aromatic nitrogens is 1. The molecule has 1 amide bonds. The van der Waals surface area contributed by atoms with Crippen molar-refractivity contribution in [1.29, 1.82) is 0 Å². The van der Waals surface area contributed by atoms with Gasteiger partial charge in [-0.3, -0.25) is 4.79 Å². The van der Waals surface area contributed by atoms with Gasteiger partial charge in [-0.1, -0.05) is 11.8 Å². The van der Waals surface area contributed by atoms with E-state index < -0.39 is 0 Å². The second kappa shape index (κ2) is 9.07. The highest BCUT2D eigenvalue weighted by molar-refractivity contribution is 8.02. The number of halogens is 1. The molecule has 1 atom stereocenters. The molecule has 0 saturated carbocycles. The molecular formula is C20H19FN2O3S2. The zero-order chi connectivity index (χ0) is 20.1. The SMILES string of the molecule is COc1ccc(NC(=O)C(C)Sc2nc(-c3ccc(F)cc3)cs2)cc1OC. The predicted molar refractivity (Wildman–Crippen MR) is 111 cm³/mol. The second-order valence-corrected chi connectivity index (χ2v) is 8.27. The molecule has 0 fully saturated rings. The summed E-state index contributed by atoms with van der Waals surface area (Å²) in [6, 6.07) is 11.4. The molecule has 3 rings (SSSR count). The number of methoxy groups -OCH3 is 2. The minimum Gasteiger partial charge on any atom is -0.493 e. The van der Waals surface area contributed by atoms with Crippen LogP contribution in [0.2, 0.25) is 0 Å². The van der Waals surface area contributed by atoms with Gasteiger partial charge in [0.05, 0.1) is 25.2 Å². The van der Waals surface area contributed by atoms with Crippen LogP contribution in [0.5, 0.6) is 11.5 Å². The van der Waals surface area contributed by atoms with Crippen LogP contribution in [0.15, 0.2) is 52.2 Å². The van der Waals surface area contributed by atoms with Gasteiger partial charge in [0.1, 0.15) is 5.82 Å². The van der Waals surface area contributed by atoms with Gasteiger partial charge in [0.15, 0.2) is 15.8 Å². The third-order valence-electron chi connectivity index (χ3n) is 3.92. The highest BCUT2D eigenvalue weighted by Crippen LogP contribution is 2.33. The first-order valence-electron chi connectivity index (χ1n) is 8.41. The number of amides is 1. The lowest BCUT2D eigenvalue weighted by Crippen LogP contribution is -2.22. The Kier molecular flexibility index (Phi) is 6.53. The fourth-order valence-corrected chi connectivity index (χ4v) is 4.40. The number of carbonyl (C=O) groups is 1. The maximum absolute atomic E-state index is 13.1. The van der Waals surface area contributed by atoms with E-state index in [9.17, 15) is 9.18 Å². The average molecular weight is 419 g/mol. The van der Waals surface area contributed by atoms with Crippen molar-refractivity contribution in [2.75, 3.05) is 19.5 Å². The van der Waals surface area contributed by atoms with Crippen LogP contribution in [0.3, 0.4) is 0 Å². The zero-order valence-corrected chi connectivity index (χ0v) is 17.2. The molecular weight excluding hydrogens is 399 g/mol. The van der Waals surface area contributed by atoms with Crippen LogP contribution in [0, 0.1) is 5.82 Å². The summed E-state index contributed by atoms with van der Waals surface area (Å²) < 4.78 is 24.3. The standard InChI is InChI=1S/C20H19FN2O3S2/c1-12(19(24)22-15-8-9-17(25-2)18(10-15)26-3)28-20-23-16(11-27-20)13-4-6-14(21)7-5-13/h4-12H,1-3H3,(H,22,24). The first-order chi connectivity index (χ1) is 13.5. The minimum absolute atomic E-state index is 0.143. The molecule has 1 aromatic heterocycles. The van der Waals surface area contributed by atoms with E-state index in [2.05, 4.69) is 10.3 Å². The molecule has 5 nitrogen and oxygen atoms in total. The number of ether oxygens (including phenoxy) is 2. The molecule has 1 N–H and O–H groups in total. The van der Waals surface area contributed by atoms with Gasteiger partial charge in [0.25, 0.3) is 0 Å². The molecule has 0 saturated heterocycles. The Morgan fingerprint density at radius 3 is 2.54 bits per heavy atom. The Labute approximate surface area is 170 Å². The Morgan fingerprint density at radius 2 is 1.86 bits per heavy atom. The highest BCUT2D eigenvalue weighted by Gasteiger charge is 2.18. The summed E-state index contributed by atoms with van der Waals surface area (Å²) >= 11 is 2.83. The van der Waals surface area contributed by atoms with Crippen molar-refractivity contribution in [2.24, 2.45) is 0 Å². The molecule has 146 valence electrons. The van der Waals surface area contributed by atoms with Crippen LogP contribution in [-0.2, 0) is 4.79 Å². The third kappa shape index (κ3) is 4.82. The molecule has 28 heavy (non-hydrogen) atoms. The number of carbonyl (C=O) groups excluding carboxylic acids is 1. The van der Waals surface area contributed by atoms with E-state index in [1.54, 1.807) is 44.6 Å².